The third-order valence-corrected chi connectivity index (χ3v) is 3.43. The minimum atomic E-state index is -0.0519. The summed E-state index contributed by atoms with van der Waals surface area (Å²) in [5.41, 5.74) is 0.894. The molecule has 94 valence electrons. The van der Waals surface area contributed by atoms with Gasteiger partial charge in [-0.1, -0.05) is 46.9 Å². The molecular weight excluding hydrogens is 293 g/mol. The smallest absolute Gasteiger partial charge is 0.149 e. The van der Waals surface area contributed by atoms with E-state index in [-0.39, 0.29) is 6.04 Å². The van der Waals surface area contributed by atoms with Crippen molar-refractivity contribution in [2.45, 2.75) is 13.0 Å². The fourth-order valence-electron chi connectivity index (χ4n) is 1.57. The van der Waals surface area contributed by atoms with Crippen LogP contribution in [0.3, 0.4) is 0 Å². The molecule has 0 aliphatic carbocycles. The Bertz CT molecular complexity index is 560. The fourth-order valence-corrected chi connectivity index (χ4v) is 2.19. The summed E-state index contributed by atoms with van der Waals surface area (Å²) in [5, 5.41) is 4.57. The first-order valence-corrected chi connectivity index (χ1v) is 6.39. The van der Waals surface area contributed by atoms with E-state index in [4.69, 9.17) is 34.8 Å². The van der Waals surface area contributed by atoms with Crippen LogP contribution in [0.4, 0.5) is 5.82 Å². The van der Waals surface area contributed by atoms with Gasteiger partial charge in [0.05, 0.1) is 28.5 Å². The van der Waals surface area contributed by atoms with Gasteiger partial charge in [-0.3, -0.25) is 4.98 Å². The minimum absolute atomic E-state index is 0.0519. The number of rotatable bonds is 3. The van der Waals surface area contributed by atoms with E-state index >= 15 is 0 Å². The largest absolute Gasteiger partial charge is 0.362 e. The zero-order valence-electron chi connectivity index (χ0n) is 9.49. The molecule has 1 atom stereocenters. The molecular formula is C12H10Cl3N3. The Morgan fingerprint density at radius 1 is 1.17 bits per heavy atom. The van der Waals surface area contributed by atoms with Gasteiger partial charge in [0, 0.05) is 0 Å². The number of aromatic nitrogens is 2. The van der Waals surface area contributed by atoms with Crippen LogP contribution in [0.2, 0.25) is 15.2 Å². The molecule has 1 heterocycles. The van der Waals surface area contributed by atoms with Crippen molar-refractivity contribution in [3.8, 4) is 0 Å². The quantitative estimate of drug-likeness (QED) is 0.899. The van der Waals surface area contributed by atoms with Crippen molar-refractivity contribution in [1.82, 2.24) is 9.97 Å². The SMILES string of the molecule is CC(Nc1cncc(Cl)n1)c1cccc(Cl)c1Cl. The first-order chi connectivity index (χ1) is 8.58. The molecule has 3 nitrogen and oxygen atoms in total. The summed E-state index contributed by atoms with van der Waals surface area (Å²) in [6.07, 6.45) is 3.07. The van der Waals surface area contributed by atoms with Crippen LogP contribution in [0.25, 0.3) is 0 Å². The molecule has 18 heavy (non-hydrogen) atoms. The lowest BCUT2D eigenvalue weighted by molar-refractivity contribution is 0.872. The number of hydrogen-bond donors (Lipinski definition) is 1. The second-order valence-electron chi connectivity index (χ2n) is 3.74. The van der Waals surface area contributed by atoms with Crippen LogP contribution in [0.5, 0.6) is 0 Å². The van der Waals surface area contributed by atoms with Gasteiger partial charge in [-0.05, 0) is 18.6 Å². The maximum absolute atomic E-state index is 6.15. The summed E-state index contributed by atoms with van der Waals surface area (Å²) in [6, 6.07) is 5.46. The lowest BCUT2D eigenvalue weighted by Crippen LogP contribution is -2.08. The second-order valence-corrected chi connectivity index (χ2v) is 4.91. The number of anilines is 1. The van der Waals surface area contributed by atoms with Crippen LogP contribution >= 0.6 is 34.8 Å². The molecule has 2 aromatic rings. The Hall–Kier alpha value is -1.03. The lowest BCUT2D eigenvalue weighted by Gasteiger charge is -2.16. The van der Waals surface area contributed by atoms with Crippen molar-refractivity contribution in [2.24, 2.45) is 0 Å². The van der Waals surface area contributed by atoms with E-state index in [1.165, 1.54) is 6.20 Å². The maximum Gasteiger partial charge on any atom is 0.149 e. The molecule has 0 aliphatic rings. The predicted octanol–water partition coefficient (Wildman–Crippen LogP) is 4.61. The Morgan fingerprint density at radius 3 is 2.67 bits per heavy atom. The number of nitrogens with zero attached hydrogens (tertiary/aromatic N) is 2. The molecule has 2 rings (SSSR count). The Balaban J connectivity index is 2.22. The van der Waals surface area contributed by atoms with Gasteiger partial charge in [0.2, 0.25) is 0 Å². The zero-order valence-corrected chi connectivity index (χ0v) is 11.8. The fraction of sp³-hybridized carbons (Fsp3) is 0.167. The summed E-state index contributed by atoms with van der Waals surface area (Å²) in [5.74, 6) is 0.589. The standard InChI is InChI=1S/C12H10Cl3N3/c1-7(8-3-2-4-9(13)12(8)15)17-11-6-16-5-10(14)18-11/h2-7H,1H3,(H,17,18). The van der Waals surface area contributed by atoms with Gasteiger partial charge < -0.3 is 5.32 Å². The Kier molecular flexibility index (Phi) is 4.27. The first-order valence-electron chi connectivity index (χ1n) is 5.26. The highest BCUT2D eigenvalue weighted by atomic mass is 35.5. The molecule has 1 aromatic carbocycles. The van der Waals surface area contributed by atoms with Gasteiger partial charge in [-0.15, -0.1) is 0 Å². The van der Waals surface area contributed by atoms with E-state index < -0.39 is 0 Å². The van der Waals surface area contributed by atoms with Crippen LogP contribution in [0.1, 0.15) is 18.5 Å². The van der Waals surface area contributed by atoms with E-state index in [2.05, 4.69) is 15.3 Å². The van der Waals surface area contributed by atoms with Crippen LogP contribution in [0, 0.1) is 0 Å². The first kappa shape index (κ1) is 13.4. The topological polar surface area (TPSA) is 37.8 Å². The molecule has 0 saturated carbocycles. The lowest BCUT2D eigenvalue weighted by atomic mass is 10.1. The highest BCUT2D eigenvalue weighted by Crippen LogP contribution is 2.31. The van der Waals surface area contributed by atoms with Crippen LogP contribution in [0.15, 0.2) is 30.6 Å². The second kappa shape index (κ2) is 5.74. The van der Waals surface area contributed by atoms with Gasteiger partial charge in [-0.2, -0.15) is 0 Å². The molecule has 0 spiro atoms. The third kappa shape index (κ3) is 3.05. The predicted molar refractivity (Wildman–Crippen MR) is 75.5 cm³/mol. The van der Waals surface area contributed by atoms with Crippen LogP contribution in [-0.4, -0.2) is 9.97 Å². The van der Waals surface area contributed by atoms with E-state index in [9.17, 15) is 0 Å². The molecule has 0 radical (unpaired) electrons. The van der Waals surface area contributed by atoms with E-state index in [0.717, 1.165) is 5.56 Å². The number of halogens is 3. The molecule has 1 aromatic heterocycles. The number of hydrogen-bond acceptors (Lipinski definition) is 3. The number of benzene rings is 1. The van der Waals surface area contributed by atoms with Crippen molar-refractivity contribution in [3.05, 3.63) is 51.4 Å². The summed E-state index contributed by atoms with van der Waals surface area (Å²) >= 11 is 17.9. The van der Waals surface area contributed by atoms with Gasteiger partial charge in [-0.25, -0.2) is 4.98 Å². The van der Waals surface area contributed by atoms with Crippen LogP contribution < -0.4 is 5.32 Å². The van der Waals surface area contributed by atoms with Crippen molar-refractivity contribution in [1.29, 1.82) is 0 Å². The summed E-state index contributed by atoms with van der Waals surface area (Å²) < 4.78 is 0. The Labute approximate surface area is 120 Å². The molecule has 1 N–H and O–H groups in total. The molecule has 0 amide bonds. The monoisotopic (exact) mass is 301 g/mol. The molecule has 0 saturated heterocycles. The third-order valence-electron chi connectivity index (χ3n) is 2.42. The number of nitrogens with one attached hydrogen (secondary N) is 1. The normalized spacial score (nSPS) is 12.2. The molecule has 0 aliphatic heterocycles. The van der Waals surface area contributed by atoms with Crippen molar-refractivity contribution >= 4 is 40.6 Å². The summed E-state index contributed by atoms with van der Waals surface area (Å²) in [4.78, 5) is 8.06. The highest BCUT2D eigenvalue weighted by Gasteiger charge is 2.12. The summed E-state index contributed by atoms with van der Waals surface area (Å²) in [7, 11) is 0. The van der Waals surface area contributed by atoms with Crippen molar-refractivity contribution in [3.63, 3.8) is 0 Å². The molecule has 6 heteroatoms. The highest BCUT2D eigenvalue weighted by molar-refractivity contribution is 6.42. The van der Waals surface area contributed by atoms with E-state index in [1.807, 2.05) is 19.1 Å². The molecule has 1 unspecified atom stereocenters. The minimum Gasteiger partial charge on any atom is -0.362 e. The summed E-state index contributed by atoms with van der Waals surface area (Å²) in [6.45, 7) is 1.96. The van der Waals surface area contributed by atoms with E-state index in [1.54, 1.807) is 12.3 Å². The van der Waals surface area contributed by atoms with Crippen molar-refractivity contribution in [2.75, 3.05) is 5.32 Å². The average molecular weight is 303 g/mol. The zero-order chi connectivity index (χ0) is 13.1. The van der Waals surface area contributed by atoms with E-state index in [0.29, 0.717) is 21.0 Å². The molecule has 0 fully saturated rings. The van der Waals surface area contributed by atoms with Gasteiger partial charge in [0.25, 0.3) is 0 Å². The average Bonchev–Trinajstić information content (AvgIpc) is 2.32. The van der Waals surface area contributed by atoms with Gasteiger partial charge in [0.1, 0.15) is 11.0 Å². The van der Waals surface area contributed by atoms with Gasteiger partial charge in [0.15, 0.2) is 0 Å². The van der Waals surface area contributed by atoms with Gasteiger partial charge >= 0.3 is 0 Å². The maximum atomic E-state index is 6.15. The molecule has 0 bridgehead atoms. The van der Waals surface area contributed by atoms with Crippen molar-refractivity contribution < 1.29 is 0 Å². The Morgan fingerprint density at radius 2 is 1.94 bits per heavy atom. The van der Waals surface area contributed by atoms with Crippen LogP contribution in [-0.2, 0) is 0 Å².